The van der Waals surface area contributed by atoms with E-state index in [2.05, 4.69) is 4.98 Å². The number of para-hydroxylation sites is 1. The molecule has 0 fully saturated rings. The summed E-state index contributed by atoms with van der Waals surface area (Å²) in [5, 5.41) is 0.685. The van der Waals surface area contributed by atoms with E-state index in [1.807, 2.05) is 6.07 Å². The van der Waals surface area contributed by atoms with Gasteiger partial charge >= 0.3 is 5.69 Å². The standard InChI is InChI=1S/C8H8N4O/c9-7-5-3-1-2-4-6(5)11-8(13)12(7)10/h1-4H,9-10H2. The van der Waals surface area contributed by atoms with Gasteiger partial charge in [0.25, 0.3) is 0 Å². The van der Waals surface area contributed by atoms with Crippen molar-refractivity contribution in [3.63, 3.8) is 0 Å². The first-order valence-corrected chi connectivity index (χ1v) is 3.72. The van der Waals surface area contributed by atoms with Crippen LogP contribution in [0.4, 0.5) is 5.82 Å². The second kappa shape index (κ2) is 2.48. The molecule has 1 aromatic carbocycles. The predicted molar refractivity (Wildman–Crippen MR) is 50.6 cm³/mol. The Balaban J connectivity index is 3.02. The van der Waals surface area contributed by atoms with Gasteiger partial charge in [0.15, 0.2) is 0 Å². The van der Waals surface area contributed by atoms with Crippen molar-refractivity contribution >= 4 is 16.7 Å². The fourth-order valence-corrected chi connectivity index (χ4v) is 1.18. The number of nitrogen functional groups attached to an aromatic ring is 2. The summed E-state index contributed by atoms with van der Waals surface area (Å²) in [5.74, 6) is 5.60. The Bertz CT molecular complexity index is 517. The summed E-state index contributed by atoms with van der Waals surface area (Å²) in [7, 11) is 0. The Hall–Kier alpha value is -2.04. The molecule has 0 aliphatic carbocycles. The third-order valence-electron chi connectivity index (χ3n) is 1.86. The molecule has 0 bridgehead atoms. The Morgan fingerprint density at radius 1 is 1.31 bits per heavy atom. The van der Waals surface area contributed by atoms with E-state index in [-0.39, 0.29) is 5.82 Å². The largest absolute Gasteiger partial charge is 0.383 e. The molecule has 5 nitrogen and oxygen atoms in total. The first-order valence-electron chi connectivity index (χ1n) is 3.72. The molecule has 0 saturated carbocycles. The maximum Gasteiger partial charge on any atom is 0.368 e. The minimum atomic E-state index is -0.545. The molecule has 0 aliphatic heterocycles. The number of nitrogens with zero attached hydrogens (tertiary/aromatic N) is 2. The molecule has 4 N–H and O–H groups in total. The fraction of sp³-hybridized carbons (Fsp3) is 0. The Morgan fingerprint density at radius 2 is 2.00 bits per heavy atom. The van der Waals surface area contributed by atoms with Gasteiger partial charge in [-0.05, 0) is 12.1 Å². The van der Waals surface area contributed by atoms with Gasteiger partial charge in [-0.15, -0.1) is 0 Å². The average molecular weight is 176 g/mol. The molecule has 1 aromatic heterocycles. The summed E-state index contributed by atoms with van der Waals surface area (Å²) in [6.45, 7) is 0. The molecular formula is C8H8N4O. The molecule has 13 heavy (non-hydrogen) atoms. The lowest BCUT2D eigenvalue weighted by atomic mass is 10.2. The molecule has 0 atom stereocenters. The van der Waals surface area contributed by atoms with Crippen LogP contribution in [0.3, 0.4) is 0 Å². The van der Waals surface area contributed by atoms with E-state index >= 15 is 0 Å². The van der Waals surface area contributed by atoms with Crippen molar-refractivity contribution in [1.82, 2.24) is 9.66 Å². The number of benzene rings is 1. The summed E-state index contributed by atoms with van der Waals surface area (Å²) < 4.78 is 0.836. The summed E-state index contributed by atoms with van der Waals surface area (Å²) in [6.07, 6.45) is 0. The zero-order valence-electron chi connectivity index (χ0n) is 6.77. The van der Waals surface area contributed by atoms with Crippen molar-refractivity contribution in [3.05, 3.63) is 34.7 Å². The van der Waals surface area contributed by atoms with E-state index in [1.54, 1.807) is 18.2 Å². The summed E-state index contributed by atoms with van der Waals surface area (Å²) >= 11 is 0. The molecule has 0 saturated heterocycles. The number of anilines is 1. The third kappa shape index (κ3) is 1.01. The maximum absolute atomic E-state index is 11.1. The monoisotopic (exact) mass is 176 g/mol. The Labute approximate surface area is 73.6 Å². The summed E-state index contributed by atoms with van der Waals surface area (Å²) in [6, 6.07) is 7.08. The Morgan fingerprint density at radius 3 is 2.77 bits per heavy atom. The summed E-state index contributed by atoms with van der Waals surface area (Å²) in [4.78, 5) is 14.8. The van der Waals surface area contributed by atoms with Crippen molar-refractivity contribution in [2.45, 2.75) is 0 Å². The quantitative estimate of drug-likeness (QED) is 0.539. The van der Waals surface area contributed by atoms with Crippen molar-refractivity contribution in [3.8, 4) is 0 Å². The topological polar surface area (TPSA) is 86.9 Å². The first kappa shape index (κ1) is 7.60. The van der Waals surface area contributed by atoms with Crippen LogP contribution in [0.1, 0.15) is 0 Å². The van der Waals surface area contributed by atoms with Gasteiger partial charge < -0.3 is 11.6 Å². The number of fused-ring (bicyclic) bond motifs is 1. The van der Waals surface area contributed by atoms with Gasteiger partial charge in [-0.25, -0.2) is 4.79 Å². The molecule has 0 spiro atoms. The fourth-order valence-electron chi connectivity index (χ4n) is 1.18. The molecule has 66 valence electrons. The minimum Gasteiger partial charge on any atom is -0.383 e. The van der Waals surface area contributed by atoms with Crippen LogP contribution >= 0.6 is 0 Å². The molecule has 0 radical (unpaired) electrons. The molecule has 2 aromatic rings. The van der Waals surface area contributed by atoms with Gasteiger partial charge in [-0.2, -0.15) is 9.66 Å². The zero-order chi connectivity index (χ0) is 9.42. The molecule has 5 heteroatoms. The minimum absolute atomic E-state index is 0.232. The molecule has 0 unspecified atom stereocenters. The van der Waals surface area contributed by atoms with Crippen molar-refractivity contribution in [2.24, 2.45) is 0 Å². The van der Waals surface area contributed by atoms with E-state index in [0.29, 0.717) is 10.9 Å². The molecular weight excluding hydrogens is 168 g/mol. The highest BCUT2D eigenvalue weighted by Crippen LogP contribution is 2.14. The van der Waals surface area contributed by atoms with Crippen LogP contribution in [0.15, 0.2) is 29.1 Å². The van der Waals surface area contributed by atoms with E-state index in [9.17, 15) is 4.79 Å². The van der Waals surface area contributed by atoms with Crippen LogP contribution in [0.5, 0.6) is 0 Å². The predicted octanol–water partition coefficient (Wildman–Crippen LogP) is -0.308. The van der Waals surface area contributed by atoms with Gasteiger partial charge in [0.2, 0.25) is 0 Å². The van der Waals surface area contributed by atoms with Crippen molar-refractivity contribution in [2.75, 3.05) is 11.6 Å². The smallest absolute Gasteiger partial charge is 0.368 e. The highest BCUT2D eigenvalue weighted by molar-refractivity contribution is 5.87. The third-order valence-corrected chi connectivity index (χ3v) is 1.86. The van der Waals surface area contributed by atoms with Gasteiger partial charge in [-0.1, -0.05) is 12.1 Å². The number of hydrogen-bond donors (Lipinski definition) is 2. The maximum atomic E-state index is 11.1. The van der Waals surface area contributed by atoms with Crippen molar-refractivity contribution in [1.29, 1.82) is 0 Å². The van der Waals surface area contributed by atoms with Gasteiger partial charge in [0.1, 0.15) is 5.82 Å². The van der Waals surface area contributed by atoms with Crippen molar-refractivity contribution < 1.29 is 0 Å². The number of nitrogens with two attached hydrogens (primary N) is 2. The number of aromatic nitrogens is 2. The van der Waals surface area contributed by atoms with Crippen LogP contribution < -0.4 is 17.3 Å². The molecule has 2 rings (SSSR count). The van der Waals surface area contributed by atoms with Crippen LogP contribution in [0.2, 0.25) is 0 Å². The number of rotatable bonds is 0. The second-order valence-corrected chi connectivity index (χ2v) is 2.67. The zero-order valence-corrected chi connectivity index (χ0v) is 6.77. The van der Waals surface area contributed by atoms with E-state index < -0.39 is 5.69 Å². The lowest BCUT2D eigenvalue weighted by Gasteiger charge is -2.04. The van der Waals surface area contributed by atoms with Crippen LogP contribution in [-0.4, -0.2) is 9.66 Å². The van der Waals surface area contributed by atoms with Crippen LogP contribution in [0, 0.1) is 0 Å². The van der Waals surface area contributed by atoms with E-state index in [4.69, 9.17) is 11.6 Å². The Kier molecular flexibility index (Phi) is 1.45. The highest BCUT2D eigenvalue weighted by atomic mass is 16.1. The summed E-state index contributed by atoms with van der Waals surface area (Å²) in [5.41, 5.74) is 5.63. The second-order valence-electron chi connectivity index (χ2n) is 2.67. The molecule has 1 heterocycles. The first-order chi connectivity index (χ1) is 6.20. The van der Waals surface area contributed by atoms with Gasteiger partial charge in [0.05, 0.1) is 5.52 Å². The lowest BCUT2D eigenvalue weighted by molar-refractivity contribution is 0.905. The highest BCUT2D eigenvalue weighted by Gasteiger charge is 2.03. The van der Waals surface area contributed by atoms with Crippen LogP contribution in [-0.2, 0) is 0 Å². The van der Waals surface area contributed by atoms with Gasteiger partial charge in [-0.3, -0.25) is 0 Å². The van der Waals surface area contributed by atoms with E-state index in [0.717, 1.165) is 4.68 Å². The lowest BCUT2D eigenvalue weighted by Crippen LogP contribution is -2.31. The van der Waals surface area contributed by atoms with Crippen LogP contribution in [0.25, 0.3) is 10.9 Å². The molecule has 0 amide bonds. The number of hydrogen-bond acceptors (Lipinski definition) is 4. The van der Waals surface area contributed by atoms with Gasteiger partial charge in [0, 0.05) is 5.39 Å². The SMILES string of the molecule is Nc1c2ccccc2nc(=O)n1N. The normalized spacial score (nSPS) is 10.5. The molecule has 0 aliphatic rings. The average Bonchev–Trinajstić information content (AvgIpc) is 2.15. The van der Waals surface area contributed by atoms with E-state index in [1.165, 1.54) is 0 Å².